The van der Waals surface area contributed by atoms with E-state index in [2.05, 4.69) is 0 Å². The van der Waals surface area contributed by atoms with Gasteiger partial charge in [-0.25, -0.2) is 4.79 Å². The minimum absolute atomic E-state index is 0.0178. The average molecular weight is 274 g/mol. The van der Waals surface area contributed by atoms with Crippen LogP contribution in [0, 0.1) is 0 Å². The molecule has 19 heavy (non-hydrogen) atoms. The lowest BCUT2D eigenvalue weighted by Crippen LogP contribution is -2.09. The lowest BCUT2D eigenvalue weighted by Gasteiger charge is -2.12. The van der Waals surface area contributed by atoms with Crippen LogP contribution in [0.3, 0.4) is 0 Å². The number of benzene rings is 1. The molecule has 0 fully saturated rings. The topological polar surface area (TPSA) is 46.5 Å². The van der Waals surface area contributed by atoms with Crippen LogP contribution in [-0.4, -0.2) is 17.7 Å². The number of allylic oxidation sites excluding steroid dienone is 1. The Labute approximate surface area is 108 Å². The Morgan fingerprint density at radius 2 is 2.00 bits per heavy atom. The van der Waals surface area contributed by atoms with Gasteiger partial charge in [0.15, 0.2) is 0 Å². The zero-order valence-corrected chi connectivity index (χ0v) is 10.4. The Morgan fingerprint density at radius 1 is 1.37 bits per heavy atom. The molecule has 0 heterocycles. The number of rotatable bonds is 4. The fraction of sp³-hybridized carbons (Fsp3) is 0.308. The zero-order valence-electron chi connectivity index (χ0n) is 10.4. The highest BCUT2D eigenvalue weighted by molar-refractivity contribution is 5.91. The smallest absolute Gasteiger partial charge is 0.416 e. The lowest BCUT2D eigenvalue weighted by molar-refractivity contribution is -0.137. The fourth-order valence-corrected chi connectivity index (χ4v) is 1.29. The molecule has 0 aliphatic carbocycles. The van der Waals surface area contributed by atoms with Gasteiger partial charge in [-0.2, -0.15) is 13.2 Å². The predicted octanol–water partition coefficient (Wildman–Crippen LogP) is 3.75. The molecule has 0 aliphatic heterocycles. The Morgan fingerprint density at radius 3 is 2.47 bits per heavy atom. The van der Waals surface area contributed by atoms with Gasteiger partial charge >= 0.3 is 12.1 Å². The van der Waals surface area contributed by atoms with Crippen molar-refractivity contribution in [2.24, 2.45) is 0 Å². The number of alkyl halides is 3. The van der Waals surface area contributed by atoms with Crippen molar-refractivity contribution < 1.29 is 27.8 Å². The molecule has 1 rings (SSSR count). The first kappa shape index (κ1) is 15.1. The Bertz CT molecular complexity index is 500. The van der Waals surface area contributed by atoms with E-state index in [1.54, 1.807) is 19.9 Å². The van der Waals surface area contributed by atoms with Crippen molar-refractivity contribution in [1.29, 1.82) is 0 Å². The maximum Gasteiger partial charge on any atom is 0.416 e. The van der Waals surface area contributed by atoms with Gasteiger partial charge in [0, 0.05) is 0 Å². The summed E-state index contributed by atoms with van der Waals surface area (Å²) >= 11 is 0. The average Bonchev–Trinajstić information content (AvgIpc) is 2.26. The van der Waals surface area contributed by atoms with Gasteiger partial charge in [0.2, 0.25) is 0 Å². The predicted molar refractivity (Wildman–Crippen MR) is 63.3 cm³/mol. The summed E-state index contributed by atoms with van der Waals surface area (Å²) in [5.74, 6) is -1.62. The van der Waals surface area contributed by atoms with Gasteiger partial charge in [-0.3, -0.25) is 0 Å². The second-order valence-corrected chi connectivity index (χ2v) is 4.11. The van der Waals surface area contributed by atoms with Crippen LogP contribution in [-0.2, 0) is 6.18 Å². The van der Waals surface area contributed by atoms with E-state index in [4.69, 9.17) is 9.84 Å². The number of halogens is 3. The molecular weight excluding hydrogens is 261 g/mol. The number of hydrogen-bond donors (Lipinski definition) is 1. The van der Waals surface area contributed by atoms with Gasteiger partial charge < -0.3 is 9.84 Å². The van der Waals surface area contributed by atoms with Crippen LogP contribution >= 0.6 is 0 Å². The van der Waals surface area contributed by atoms with Crippen LogP contribution < -0.4 is 4.74 Å². The van der Waals surface area contributed by atoms with E-state index in [1.165, 1.54) is 0 Å². The summed E-state index contributed by atoms with van der Waals surface area (Å²) in [6.07, 6.45) is -2.89. The summed E-state index contributed by atoms with van der Waals surface area (Å²) in [7, 11) is 0. The van der Waals surface area contributed by atoms with E-state index in [-0.39, 0.29) is 17.9 Å². The van der Waals surface area contributed by atoms with E-state index >= 15 is 0 Å². The molecule has 0 spiro atoms. The van der Waals surface area contributed by atoms with Gasteiger partial charge in [-0.05, 0) is 38.1 Å². The van der Waals surface area contributed by atoms with Crippen molar-refractivity contribution in [1.82, 2.24) is 0 Å². The maximum absolute atomic E-state index is 12.5. The van der Waals surface area contributed by atoms with Crippen LogP contribution in [0.25, 0.3) is 0 Å². The largest absolute Gasteiger partial charge is 0.489 e. The minimum Gasteiger partial charge on any atom is -0.489 e. The lowest BCUT2D eigenvalue weighted by atomic mass is 10.1. The van der Waals surface area contributed by atoms with Crippen molar-refractivity contribution >= 4 is 5.97 Å². The molecule has 1 N–H and O–H groups in total. The molecule has 0 aliphatic rings. The van der Waals surface area contributed by atoms with E-state index in [9.17, 15) is 18.0 Å². The summed E-state index contributed by atoms with van der Waals surface area (Å²) < 4.78 is 42.7. The third kappa shape index (κ3) is 4.31. The molecule has 0 radical (unpaired) electrons. The van der Waals surface area contributed by atoms with E-state index in [1.807, 2.05) is 0 Å². The van der Waals surface area contributed by atoms with Gasteiger partial charge in [0.1, 0.15) is 17.9 Å². The number of aromatic carboxylic acids is 1. The quantitative estimate of drug-likeness (QED) is 0.850. The van der Waals surface area contributed by atoms with Gasteiger partial charge in [0.05, 0.1) is 5.56 Å². The molecule has 0 amide bonds. The monoisotopic (exact) mass is 274 g/mol. The summed E-state index contributed by atoms with van der Waals surface area (Å²) in [5, 5.41) is 8.89. The number of ether oxygens (including phenoxy) is 1. The summed E-state index contributed by atoms with van der Waals surface area (Å²) in [6, 6.07) is 2.31. The van der Waals surface area contributed by atoms with Crippen molar-refractivity contribution in [3.05, 3.63) is 41.0 Å². The number of carboxylic acids is 1. The molecule has 0 unspecified atom stereocenters. The van der Waals surface area contributed by atoms with Crippen molar-refractivity contribution in [2.75, 3.05) is 6.61 Å². The molecule has 104 valence electrons. The van der Waals surface area contributed by atoms with E-state index < -0.39 is 17.7 Å². The minimum atomic E-state index is -4.54. The SMILES string of the molecule is CC(C)=CCOc1cc(C(F)(F)F)ccc1C(=O)O. The Balaban J connectivity index is 3.09. The standard InChI is InChI=1S/C13H13F3O3/c1-8(2)5-6-19-11-7-9(13(14,15)16)3-4-10(11)12(17)18/h3-5,7H,6H2,1-2H3,(H,17,18). The van der Waals surface area contributed by atoms with E-state index in [0.29, 0.717) is 6.07 Å². The molecule has 1 aromatic rings. The molecule has 0 saturated heterocycles. The van der Waals surface area contributed by atoms with Gasteiger partial charge in [0.25, 0.3) is 0 Å². The fourth-order valence-electron chi connectivity index (χ4n) is 1.29. The third-order valence-electron chi connectivity index (χ3n) is 2.27. The molecule has 6 heteroatoms. The Kier molecular flexibility index (Phi) is 4.58. The van der Waals surface area contributed by atoms with E-state index in [0.717, 1.165) is 17.7 Å². The highest BCUT2D eigenvalue weighted by Crippen LogP contribution is 2.33. The molecule has 0 saturated carbocycles. The van der Waals surface area contributed by atoms with Crippen molar-refractivity contribution in [3.8, 4) is 5.75 Å². The van der Waals surface area contributed by atoms with Crippen molar-refractivity contribution in [3.63, 3.8) is 0 Å². The molecule has 0 bridgehead atoms. The zero-order chi connectivity index (χ0) is 14.6. The van der Waals surface area contributed by atoms with Crippen LogP contribution in [0.2, 0.25) is 0 Å². The van der Waals surface area contributed by atoms with Gasteiger partial charge in [-0.15, -0.1) is 0 Å². The summed E-state index contributed by atoms with van der Waals surface area (Å²) in [4.78, 5) is 10.9. The highest BCUT2D eigenvalue weighted by atomic mass is 19.4. The van der Waals surface area contributed by atoms with Crippen LogP contribution in [0.5, 0.6) is 5.75 Å². The first-order chi connectivity index (χ1) is 8.71. The second kappa shape index (κ2) is 5.77. The van der Waals surface area contributed by atoms with Crippen LogP contribution in [0.15, 0.2) is 29.8 Å². The van der Waals surface area contributed by atoms with Crippen LogP contribution in [0.1, 0.15) is 29.8 Å². The normalized spacial score (nSPS) is 11.0. The molecule has 1 aromatic carbocycles. The van der Waals surface area contributed by atoms with Crippen LogP contribution in [0.4, 0.5) is 13.2 Å². The molecule has 0 atom stereocenters. The van der Waals surface area contributed by atoms with Crippen molar-refractivity contribution in [2.45, 2.75) is 20.0 Å². The van der Waals surface area contributed by atoms with Gasteiger partial charge in [-0.1, -0.05) is 5.57 Å². The first-order valence-corrected chi connectivity index (χ1v) is 5.42. The Hall–Kier alpha value is -1.98. The highest BCUT2D eigenvalue weighted by Gasteiger charge is 2.31. The number of carboxylic acid groups (broad SMARTS) is 1. The number of carbonyl (C=O) groups is 1. The summed E-state index contributed by atoms with van der Waals surface area (Å²) in [6.45, 7) is 3.62. The maximum atomic E-state index is 12.5. The third-order valence-corrected chi connectivity index (χ3v) is 2.27. The molecular formula is C13H13F3O3. The number of hydrogen-bond acceptors (Lipinski definition) is 2. The molecule has 0 aromatic heterocycles. The second-order valence-electron chi connectivity index (χ2n) is 4.11. The summed E-state index contributed by atoms with van der Waals surface area (Å²) in [5.41, 5.74) is -0.316. The molecule has 3 nitrogen and oxygen atoms in total. The first-order valence-electron chi connectivity index (χ1n) is 5.42.